The predicted octanol–water partition coefficient (Wildman–Crippen LogP) is 1.93. The first-order valence-corrected chi connectivity index (χ1v) is 9.28. The highest BCUT2D eigenvalue weighted by Crippen LogP contribution is 2.13. The van der Waals surface area contributed by atoms with E-state index in [9.17, 15) is 4.79 Å². The van der Waals surface area contributed by atoms with Crippen molar-refractivity contribution in [3.63, 3.8) is 0 Å². The number of anilines is 2. The van der Waals surface area contributed by atoms with E-state index in [1.807, 2.05) is 24.3 Å². The van der Waals surface area contributed by atoms with Crippen LogP contribution < -0.4 is 21.5 Å². The van der Waals surface area contributed by atoms with Crippen LogP contribution in [-0.4, -0.2) is 41.7 Å². The molecule has 8 nitrogen and oxygen atoms in total. The molecule has 1 saturated heterocycles. The lowest BCUT2D eigenvalue weighted by Crippen LogP contribution is -2.31. The minimum absolute atomic E-state index is 0.220. The van der Waals surface area contributed by atoms with E-state index >= 15 is 0 Å². The third kappa shape index (κ3) is 5.90. The van der Waals surface area contributed by atoms with Gasteiger partial charge in [-0.1, -0.05) is 19.1 Å². The van der Waals surface area contributed by atoms with Gasteiger partial charge in [0, 0.05) is 43.6 Å². The first kappa shape index (κ1) is 19.1. The molecule has 1 aromatic heterocycles. The summed E-state index contributed by atoms with van der Waals surface area (Å²) in [6.45, 7) is 5.26. The first-order chi connectivity index (χ1) is 13.2. The Morgan fingerprint density at radius 3 is 2.70 bits per heavy atom. The summed E-state index contributed by atoms with van der Waals surface area (Å²) in [6.07, 6.45) is 3.52. The number of nitrogens with one attached hydrogen (secondary N) is 4. The summed E-state index contributed by atoms with van der Waals surface area (Å²) >= 11 is 0. The highest BCUT2D eigenvalue weighted by Gasteiger charge is 2.14. The fraction of sp³-hybridized carbons (Fsp3) is 0.421. The lowest BCUT2D eigenvalue weighted by Gasteiger charge is -2.23. The van der Waals surface area contributed by atoms with Crippen molar-refractivity contribution in [3.8, 4) is 0 Å². The molecule has 1 aliphatic heterocycles. The van der Waals surface area contributed by atoms with E-state index in [4.69, 9.17) is 4.74 Å². The number of benzene rings is 1. The summed E-state index contributed by atoms with van der Waals surface area (Å²) in [7, 11) is 0. The Kier molecular flexibility index (Phi) is 6.95. The molecule has 1 fully saturated rings. The Labute approximate surface area is 159 Å². The number of aromatic nitrogens is 2. The molecule has 0 radical (unpaired) electrons. The second-order valence-electron chi connectivity index (χ2n) is 6.35. The van der Waals surface area contributed by atoms with Crippen LogP contribution in [0.2, 0.25) is 0 Å². The van der Waals surface area contributed by atoms with Crippen LogP contribution in [0.3, 0.4) is 0 Å². The number of rotatable bonds is 8. The van der Waals surface area contributed by atoms with Gasteiger partial charge in [0.1, 0.15) is 5.82 Å². The molecule has 0 saturated carbocycles. The summed E-state index contributed by atoms with van der Waals surface area (Å²) in [6, 6.07) is 9.51. The molecule has 2 heterocycles. The molecule has 8 heteroatoms. The number of ether oxygens (including phenoxy) is 1. The highest BCUT2D eigenvalue weighted by molar-refractivity contribution is 5.94. The van der Waals surface area contributed by atoms with Crippen molar-refractivity contribution in [2.45, 2.75) is 32.4 Å². The minimum Gasteiger partial charge on any atom is -0.381 e. The molecule has 144 valence electrons. The number of amides is 1. The number of carbonyl (C=O) groups excluding carboxylic acids is 1. The van der Waals surface area contributed by atoms with Gasteiger partial charge in [-0.25, -0.2) is 4.98 Å². The molecule has 0 aliphatic carbocycles. The van der Waals surface area contributed by atoms with Gasteiger partial charge in [-0.3, -0.25) is 15.6 Å². The van der Waals surface area contributed by atoms with Crippen molar-refractivity contribution in [3.05, 3.63) is 47.7 Å². The fourth-order valence-corrected chi connectivity index (χ4v) is 2.76. The molecule has 0 unspecified atom stereocenters. The summed E-state index contributed by atoms with van der Waals surface area (Å²) in [5, 5.41) is 6.56. The largest absolute Gasteiger partial charge is 0.381 e. The number of hydrazine groups is 1. The molecule has 1 aliphatic rings. The molecule has 0 atom stereocenters. The minimum atomic E-state index is -0.220. The van der Waals surface area contributed by atoms with Crippen molar-refractivity contribution in [1.29, 1.82) is 0 Å². The summed E-state index contributed by atoms with van der Waals surface area (Å²) in [4.78, 5) is 20.9. The van der Waals surface area contributed by atoms with Crippen LogP contribution >= 0.6 is 0 Å². The van der Waals surface area contributed by atoms with Crippen molar-refractivity contribution in [1.82, 2.24) is 20.7 Å². The maximum Gasteiger partial charge on any atom is 0.269 e. The summed E-state index contributed by atoms with van der Waals surface area (Å²) < 4.78 is 5.35. The third-order valence-electron chi connectivity index (χ3n) is 4.31. The Balaban J connectivity index is 1.51. The van der Waals surface area contributed by atoms with Crippen LogP contribution in [0.4, 0.5) is 11.8 Å². The van der Waals surface area contributed by atoms with Crippen LogP contribution in [0, 0.1) is 0 Å². The molecular formula is C19H26N6O2. The Hall–Kier alpha value is -2.71. The quantitative estimate of drug-likeness (QED) is 0.527. The van der Waals surface area contributed by atoms with Crippen molar-refractivity contribution >= 4 is 17.7 Å². The van der Waals surface area contributed by atoms with Crippen LogP contribution in [0.1, 0.15) is 35.7 Å². The molecule has 0 bridgehead atoms. The van der Waals surface area contributed by atoms with E-state index in [1.54, 1.807) is 12.3 Å². The molecule has 27 heavy (non-hydrogen) atoms. The van der Waals surface area contributed by atoms with Gasteiger partial charge < -0.3 is 15.4 Å². The van der Waals surface area contributed by atoms with E-state index in [0.717, 1.165) is 44.7 Å². The Morgan fingerprint density at radius 2 is 1.96 bits per heavy atom. The molecule has 0 spiro atoms. The van der Waals surface area contributed by atoms with Crippen LogP contribution in [0.5, 0.6) is 0 Å². The van der Waals surface area contributed by atoms with Crippen LogP contribution in [-0.2, 0) is 11.3 Å². The predicted molar refractivity (Wildman–Crippen MR) is 104 cm³/mol. The topological polar surface area (TPSA) is 100 Å². The molecular weight excluding hydrogens is 344 g/mol. The number of hydrogen-bond donors (Lipinski definition) is 4. The van der Waals surface area contributed by atoms with Gasteiger partial charge in [0.05, 0.1) is 0 Å². The zero-order chi connectivity index (χ0) is 18.9. The number of carbonyl (C=O) groups is 1. The second-order valence-corrected chi connectivity index (χ2v) is 6.35. The van der Waals surface area contributed by atoms with Gasteiger partial charge in [0.25, 0.3) is 5.91 Å². The van der Waals surface area contributed by atoms with Crippen molar-refractivity contribution in [2.75, 3.05) is 30.5 Å². The highest BCUT2D eigenvalue weighted by atomic mass is 16.5. The van der Waals surface area contributed by atoms with Crippen LogP contribution in [0.25, 0.3) is 0 Å². The van der Waals surface area contributed by atoms with Gasteiger partial charge >= 0.3 is 0 Å². The number of hydrogen-bond acceptors (Lipinski definition) is 7. The van der Waals surface area contributed by atoms with Crippen molar-refractivity contribution < 1.29 is 9.53 Å². The van der Waals surface area contributed by atoms with Gasteiger partial charge in [0.15, 0.2) is 0 Å². The average Bonchev–Trinajstić information content (AvgIpc) is 2.72. The lowest BCUT2D eigenvalue weighted by molar-refractivity contribution is 0.0903. The molecule has 3 rings (SSSR count). The standard InChI is InChI=1S/C19H26N6O2/c1-2-20-13-14-3-5-15(6-4-14)18(26)25-24-17-7-10-21-19(23-17)22-16-8-11-27-12-9-16/h3-7,10,16,20H,2,8-9,11-13H2,1H3,(H,25,26)(H2,21,22,23,24). The van der Waals surface area contributed by atoms with E-state index < -0.39 is 0 Å². The second kappa shape index (κ2) is 9.84. The molecule has 2 aromatic rings. The normalized spacial score (nSPS) is 14.6. The zero-order valence-corrected chi connectivity index (χ0v) is 15.5. The SMILES string of the molecule is CCNCc1ccc(C(=O)NNc2ccnc(NC3CCOCC3)n2)cc1. The van der Waals surface area contributed by atoms with Gasteiger partial charge in [-0.05, 0) is 37.1 Å². The molecule has 1 amide bonds. The number of nitrogens with zero attached hydrogens (tertiary/aromatic N) is 2. The first-order valence-electron chi connectivity index (χ1n) is 9.28. The smallest absolute Gasteiger partial charge is 0.269 e. The third-order valence-corrected chi connectivity index (χ3v) is 4.31. The molecule has 1 aromatic carbocycles. The Bertz CT molecular complexity index is 731. The van der Waals surface area contributed by atoms with E-state index in [1.165, 1.54) is 0 Å². The zero-order valence-electron chi connectivity index (χ0n) is 15.5. The Morgan fingerprint density at radius 1 is 1.19 bits per heavy atom. The van der Waals surface area contributed by atoms with Gasteiger partial charge in [-0.2, -0.15) is 4.98 Å². The summed E-state index contributed by atoms with van der Waals surface area (Å²) in [5.41, 5.74) is 7.23. The molecule has 4 N–H and O–H groups in total. The van der Waals surface area contributed by atoms with E-state index in [0.29, 0.717) is 23.4 Å². The maximum absolute atomic E-state index is 12.3. The summed E-state index contributed by atoms with van der Waals surface area (Å²) in [5.74, 6) is 0.841. The maximum atomic E-state index is 12.3. The van der Waals surface area contributed by atoms with E-state index in [2.05, 4.69) is 38.4 Å². The van der Waals surface area contributed by atoms with Gasteiger partial charge in [-0.15, -0.1) is 0 Å². The fourth-order valence-electron chi connectivity index (χ4n) is 2.76. The van der Waals surface area contributed by atoms with Crippen molar-refractivity contribution in [2.24, 2.45) is 0 Å². The lowest BCUT2D eigenvalue weighted by atomic mass is 10.1. The van der Waals surface area contributed by atoms with Gasteiger partial charge in [0.2, 0.25) is 5.95 Å². The average molecular weight is 370 g/mol. The van der Waals surface area contributed by atoms with E-state index in [-0.39, 0.29) is 5.91 Å². The monoisotopic (exact) mass is 370 g/mol. The van der Waals surface area contributed by atoms with Crippen LogP contribution in [0.15, 0.2) is 36.5 Å².